The number of hydrogen-bond acceptors (Lipinski definition) is 5. The average Bonchev–Trinajstić information content (AvgIpc) is 2.90. The van der Waals surface area contributed by atoms with Crippen LogP contribution >= 0.6 is 0 Å². The topological polar surface area (TPSA) is 72.0 Å². The van der Waals surface area contributed by atoms with Gasteiger partial charge in [-0.2, -0.15) is 0 Å². The molecule has 0 fully saturated rings. The maximum absolute atomic E-state index is 6.02. The average molecular weight is 242 g/mol. The molecule has 0 atom stereocenters. The van der Waals surface area contributed by atoms with Gasteiger partial charge in [0.2, 0.25) is 5.95 Å². The first kappa shape index (κ1) is 9.76. The molecule has 0 saturated heterocycles. The van der Waals surface area contributed by atoms with Crippen molar-refractivity contribution >= 4 is 34.6 Å². The number of aromatic nitrogens is 3. The quantitative estimate of drug-likeness (QED) is 0.718. The molecule has 0 aromatic carbocycles. The number of nitrogen functional groups attached to an aromatic ring is 1. The highest BCUT2D eigenvalue weighted by Gasteiger charge is 2.25. The van der Waals surface area contributed by atoms with Crippen molar-refractivity contribution in [3.05, 3.63) is 11.8 Å². The molecular formula is C12H14N6. The van der Waals surface area contributed by atoms with Crippen molar-refractivity contribution < 1.29 is 0 Å². The molecule has 6 heteroatoms. The minimum atomic E-state index is 0.507. The van der Waals surface area contributed by atoms with Crippen LogP contribution in [0.2, 0.25) is 0 Å². The first-order chi connectivity index (χ1) is 8.75. The molecule has 2 aliphatic heterocycles. The molecule has 0 bridgehead atoms. The lowest BCUT2D eigenvalue weighted by molar-refractivity contribution is 0.833. The lowest BCUT2D eigenvalue weighted by Gasteiger charge is -2.24. The number of imidazole rings is 1. The fourth-order valence-corrected chi connectivity index (χ4v) is 2.77. The minimum absolute atomic E-state index is 0.507. The van der Waals surface area contributed by atoms with E-state index in [1.165, 1.54) is 0 Å². The van der Waals surface area contributed by atoms with Gasteiger partial charge in [0.05, 0.1) is 16.9 Å². The van der Waals surface area contributed by atoms with Gasteiger partial charge in [0.1, 0.15) is 5.52 Å². The van der Waals surface area contributed by atoms with Crippen LogP contribution in [0.15, 0.2) is 6.08 Å². The van der Waals surface area contributed by atoms with E-state index in [4.69, 9.17) is 5.73 Å². The summed E-state index contributed by atoms with van der Waals surface area (Å²) in [7, 11) is 2.07. The number of fused-ring (bicyclic) bond motifs is 5. The van der Waals surface area contributed by atoms with Crippen molar-refractivity contribution in [2.24, 2.45) is 0 Å². The third-order valence-corrected chi connectivity index (χ3v) is 3.57. The van der Waals surface area contributed by atoms with E-state index in [9.17, 15) is 0 Å². The molecule has 0 saturated carbocycles. The molecule has 4 heterocycles. The zero-order valence-electron chi connectivity index (χ0n) is 10.1. The second-order valence-corrected chi connectivity index (χ2v) is 4.72. The molecule has 2 aromatic rings. The van der Waals surface area contributed by atoms with Gasteiger partial charge < -0.3 is 20.5 Å². The zero-order chi connectivity index (χ0) is 12.3. The Morgan fingerprint density at radius 3 is 3.17 bits per heavy atom. The Bertz CT molecular complexity index is 684. The van der Waals surface area contributed by atoms with Crippen molar-refractivity contribution in [1.29, 1.82) is 0 Å². The third-order valence-electron chi connectivity index (χ3n) is 3.57. The normalized spacial score (nSPS) is 16.8. The van der Waals surface area contributed by atoms with Crippen LogP contribution in [0.3, 0.4) is 0 Å². The van der Waals surface area contributed by atoms with Crippen LogP contribution in [0.1, 0.15) is 5.69 Å². The van der Waals surface area contributed by atoms with E-state index < -0.39 is 0 Å². The number of nitrogens with two attached hydrogens (primary N) is 1. The van der Waals surface area contributed by atoms with Gasteiger partial charge in [0.25, 0.3) is 0 Å². The number of nitrogens with zero attached hydrogens (tertiary/aromatic N) is 4. The number of pyridine rings is 1. The number of hydrogen-bond donors (Lipinski definition) is 2. The summed E-state index contributed by atoms with van der Waals surface area (Å²) in [5.74, 6) is 1.40. The van der Waals surface area contributed by atoms with E-state index in [2.05, 4.69) is 37.9 Å². The summed E-state index contributed by atoms with van der Waals surface area (Å²) in [5.41, 5.74) is 9.99. The van der Waals surface area contributed by atoms with Crippen molar-refractivity contribution in [1.82, 2.24) is 14.5 Å². The lowest BCUT2D eigenvalue weighted by atomic mass is 10.1. The van der Waals surface area contributed by atoms with Crippen LogP contribution in [0.4, 0.5) is 17.5 Å². The molecule has 6 nitrogen and oxygen atoms in total. The molecule has 0 aliphatic carbocycles. The predicted molar refractivity (Wildman–Crippen MR) is 72.7 cm³/mol. The summed E-state index contributed by atoms with van der Waals surface area (Å²) in [5, 5.41) is 3.27. The van der Waals surface area contributed by atoms with Crippen molar-refractivity contribution in [3.63, 3.8) is 0 Å². The van der Waals surface area contributed by atoms with E-state index in [-0.39, 0.29) is 0 Å². The highest BCUT2D eigenvalue weighted by Crippen LogP contribution is 2.37. The Balaban J connectivity index is 2.17. The maximum atomic E-state index is 6.02. The van der Waals surface area contributed by atoms with Gasteiger partial charge in [-0.3, -0.25) is 0 Å². The number of likely N-dealkylation sites (N-methyl/N-ethyl adjacent to an activating group) is 1. The first-order valence-corrected chi connectivity index (χ1v) is 6.07. The van der Waals surface area contributed by atoms with Crippen LogP contribution in [-0.2, 0) is 6.54 Å². The number of rotatable bonds is 0. The smallest absolute Gasteiger partial charge is 0.204 e. The van der Waals surface area contributed by atoms with Gasteiger partial charge in [-0.15, -0.1) is 0 Å². The summed E-state index contributed by atoms with van der Waals surface area (Å²) in [6, 6.07) is 0. The predicted octanol–water partition coefficient (Wildman–Crippen LogP) is 0.902. The number of anilines is 3. The highest BCUT2D eigenvalue weighted by atomic mass is 15.3. The van der Waals surface area contributed by atoms with Gasteiger partial charge in [-0.25, -0.2) is 9.97 Å². The fraction of sp³-hybridized carbons (Fsp3) is 0.333. The summed E-state index contributed by atoms with van der Waals surface area (Å²) in [6.45, 7) is 2.75. The van der Waals surface area contributed by atoms with Gasteiger partial charge >= 0.3 is 0 Å². The summed E-state index contributed by atoms with van der Waals surface area (Å²) < 4.78 is 2.20. The van der Waals surface area contributed by atoms with Crippen molar-refractivity contribution in [2.45, 2.75) is 6.54 Å². The third kappa shape index (κ3) is 1.07. The van der Waals surface area contributed by atoms with Gasteiger partial charge in [-0.05, 0) is 6.08 Å². The molecule has 2 aromatic heterocycles. The largest absolute Gasteiger partial charge is 0.382 e. The summed E-state index contributed by atoms with van der Waals surface area (Å²) in [6.07, 6.45) is 4.13. The maximum Gasteiger partial charge on any atom is 0.204 e. The molecule has 3 N–H and O–H groups in total. The van der Waals surface area contributed by atoms with Gasteiger partial charge in [-0.1, -0.05) is 6.08 Å². The Labute approximate surface area is 104 Å². The Morgan fingerprint density at radius 2 is 2.28 bits per heavy atom. The molecular weight excluding hydrogens is 228 g/mol. The minimum Gasteiger partial charge on any atom is -0.382 e. The van der Waals surface area contributed by atoms with Gasteiger partial charge in [0.15, 0.2) is 5.82 Å². The van der Waals surface area contributed by atoms with Crippen LogP contribution in [0, 0.1) is 0 Å². The first-order valence-electron chi connectivity index (χ1n) is 6.07. The summed E-state index contributed by atoms with van der Waals surface area (Å²) in [4.78, 5) is 11.2. The van der Waals surface area contributed by atoms with Gasteiger partial charge in [0, 0.05) is 26.7 Å². The SMILES string of the molecule is CN1CC=Cc2nc(N)c3nc4n(c3c21)CCN4. The van der Waals surface area contributed by atoms with E-state index >= 15 is 0 Å². The molecule has 0 amide bonds. The molecule has 18 heavy (non-hydrogen) atoms. The molecule has 0 radical (unpaired) electrons. The van der Waals surface area contributed by atoms with E-state index in [0.717, 1.165) is 48.0 Å². The monoisotopic (exact) mass is 242 g/mol. The Kier molecular flexibility index (Phi) is 1.71. The summed E-state index contributed by atoms with van der Waals surface area (Å²) >= 11 is 0. The Morgan fingerprint density at radius 1 is 1.39 bits per heavy atom. The molecule has 0 unspecified atom stereocenters. The van der Waals surface area contributed by atoms with Crippen LogP contribution in [0.25, 0.3) is 17.1 Å². The van der Waals surface area contributed by atoms with Crippen LogP contribution in [0.5, 0.6) is 0 Å². The van der Waals surface area contributed by atoms with Crippen molar-refractivity contribution in [2.75, 3.05) is 36.1 Å². The Hall–Kier alpha value is -2.24. The fourth-order valence-electron chi connectivity index (χ4n) is 2.77. The molecule has 92 valence electrons. The standard InChI is InChI=1S/C12H14N6/c1-17-5-2-3-7-9(17)10-8(11(13)15-7)16-12-14-4-6-18(10)12/h2-3H,4-6H2,1H3,(H2,13,15)(H,14,16). The lowest BCUT2D eigenvalue weighted by Crippen LogP contribution is -2.22. The second-order valence-electron chi connectivity index (χ2n) is 4.72. The van der Waals surface area contributed by atoms with Crippen molar-refractivity contribution in [3.8, 4) is 0 Å². The van der Waals surface area contributed by atoms with E-state index in [1.807, 2.05) is 6.08 Å². The highest BCUT2D eigenvalue weighted by molar-refractivity contribution is 6.00. The zero-order valence-corrected chi connectivity index (χ0v) is 10.1. The molecule has 0 spiro atoms. The number of nitrogens with one attached hydrogen (secondary N) is 1. The second kappa shape index (κ2) is 3.16. The van der Waals surface area contributed by atoms with Crippen LogP contribution in [-0.4, -0.2) is 34.7 Å². The van der Waals surface area contributed by atoms with E-state index in [1.54, 1.807) is 0 Å². The molecule has 4 rings (SSSR count). The van der Waals surface area contributed by atoms with Crippen LogP contribution < -0.4 is 16.0 Å². The van der Waals surface area contributed by atoms with E-state index in [0.29, 0.717) is 5.82 Å². The molecule has 2 aliphatic rings.